The maximum atomic E-state index is 13.7. The lowest BCUT2D eigenvalue weighted by Gasteiger charge is -2.14. The van der Waals surface area contributed by atoms with Crippen molar-refractivity contribution in [2.24, 2.45) is 0 Å². The number of fused-ring (bicyclic) bond motifs is 1. The highest BCUT2D eigenvalue weighted by molar-refractivity contribution is 6.31. The Bertz CT molecular complexity index is 853. The van der Waals surface area contributed by atoms with E-state index in [1.807, 2.05) is 0 Å². The Morgan fingerprint density at radius 3 is 2.58 bits per heavy atom. The van der Waals surface area contributed by atoms with Gasteiger partial charge in [-0.05, 0) is 30.3 Å². The van der Waals surface area contributed by atoms with Crippen molar-refractivity contribution < 1.29 is 18.8 Å². The summed E-state index contributed by atoms with van der Waals surface area (Å²) >= 11 is 5.82. The van der Waals surface area contributed by atoms with Gasteiger partial charge in [0, 0.05) is 23.7 Å². The van der Waals surface area contributed by atoms with E-state index in [2.05, 4.69) is 5.32 Å². The molecule has 1 aliphatic rings. The van der Waals surface area contributed by atoms with Crippen LogP contribution in [0.15, 0.2) is 42.5 Å². The van der Waals surface area contributed by atoms with E-state index in [-0.39, 0.29) is 30.1 Å². The molecule has 0 atom stereocenters. The van der Waals surface area contributed by atoms with Crippen molar-refractivity contribution in [2.75, 3.05) is 13.1 Å². The number of carbonyl (C=O) groups is 3. The number of nitrogens with zero attached hydrogens (tertiary/aromatic N) is 1. The summed E-state index contributed by atoms with van der Waals surface area (Å²) < 4.78 is 13.7. The second-order valence-electron chi connectivity index (χ2n) is 5.19. The molecule has 3 amide bonds. The first-order chi connectivity index (χ1) is 11.5. The van der Waals surface area contributed by atoms with Crippen LogP contribution >= 0.6 is 11.6 Å². The van der Waals surface area contributed by atoms with Gasteiger partial charge in [-0.3, -0.25) is 19.3 Å². The number of rotatable bonds is 4. The molecule has 1 heterocycles. The number of benzene rings is 2. The minimum atomic E-state index is -0.726. The first kappa shape index (κ1) is 16.1. The van der Waals surface area contributed by atoms with Crippen LogP contribution in [0.4, 0.5) is 4.39 Å². The Balaban J connectivity index is 1.64. The molecule has 1 N–H and O–H groups in total. The summed E-state index contributed by atoms with van der Waals surface area (Å²) in [7, 11) is 0. The summed E-state index contributed by atoms with van der Waals surface area (Å²) in [5.41, 5.74) is 0.195. The van der Waals surface area contributed by atoms with Gasteiger partial charge in [-0.15, -0.1) is 0 Å². The molecule has 0 unspecified atom stereocenters. The predicted molar refractivity (Wildman–Crippen MR) is 85.6 cm³/mol. The Labute approximate surface area is 142 Å². The first-order valence-electron chi connectivity index (χ1n) is 7.17. The van der Waals surface area contributed by atoms with Crippen LogP contribution in [0.25, 0.3) is 0 Å². The first-order valence-corrected chi connectivity index (χ1v) is 7.55. The van der Waals surface area contributed by atoms with Crippen LogP contribution in [-0.4, -0.2) is 35.7 Å². The molecule has 2 aromatic rings. The topological polar surface area (TPSA) is 66.5 Å². The maximum absolute atomic E-state index is 13.7. The molecule has 5 nitrogen and oxygen atoms in total. The number of carbonyl (C=O) groups excluding carboxylic acids is 3. The lowest BCUT2D eigenvalue weighted by Crippen LogP contribution is -2.38. The minimum Gasteiger partial charge on any atom is -0.350 e. The number of hydrogen-bond donors (Lipinski definition) is 1. The fourth-order valence-corrected chi connectivity index (χ4v) is 2.70. The minimum absolute atomic E-state index is 0.0427. The van der Waals surface area contributed by atoms with Crippen LogP contribution < -0.4 is 5.32 Å². The summed E-state index contributed by atoms with van der Waals surface area (Å²) in [4.78, 5) is 37.2. The van der Waals surface area contributed by atoms with Crippen molar-refractivity contribution >= 4 is 29.3 Å². The smallest absolute Gasteiger partial charge is 0.264 e. The van der Waals surface area contributed by atoms with E-state index >= 15 is 0 Å². The summed E-state index contributed by atoms with van der Waals surface area (Å²) in [6, 6.07) is 10.3. The predicted octanol–water partition coefficient (Wildman–Crippen LogP) is 2.51. The van der Waals surface area contributed by atoms with Crippen LogP contribution in [0.2, 0.25) is 5.02 Å². The van der Waals surface area contributed by atoms with Crippen molar-refractivity contribution in [1.82, 2.24) is 10.2 Å². The monoisotopic (exact) mass is 346 g/mol. The standard InChI is InChI=1S/C17H12ClFN2O3/c18-11-4-1-3-10(9-11)15(22)20-7-8-21-16(23)12-5-2-6-13(19)14(12)17(21)24/h1-6,9H,7-8H2,(H,20,22). The Kier molecular flexibility index (Phi) is 4.31. The van der Waals surface area contributed by atoms with Gasteiger partial charge in [0.2, 0.25) is 0 Å². The molecule has 7 heteroatoms. The molecule has 122 valence electrons. The largest absolute Gasteiger partial charge is 0.350 e. The molecule has 0 aliphatic carbocycles. The van der Waals surface area contributed by atoms with Gasteiger partial charge in [0.15, 0.2) is 0 Å². The van der Waals surface area contributed by atoms with E-state index in [4.69, 9.17) is 11.6 Å². The zero-order valence-corrected chi connectivity index (χ0v) is 13.1. The van der Waals surface area contributed by atoms with Gasteiger partial charge in [0.25, 0.3) is 17.7 Å². The van der Waals surface area contributed by atoms with E-state index in [1.165, 1.54) is 18.2 Å². The van der Waals surface area contributed by atoms with Gasteiger partial charge in [-0.1, -0.05) is 23.7 Å². The second-order valence-corrected chi connectivity index (χ2v) is 5.63. The summed E-state index contributed by atoms with van der Waals surface area (Å²) in [5, 5.41) is 3.03. The lowest BCUT2D eigenvalue weighted by molar-refractivity contribution is 0.0648. The molecule has 0 saturated carbocycles. The van der Waals surface area contributed by atoms with E-state index in [9.17, 15) is 18.8 Å². The SMILES string of the molecule is O=C(NCCN1C(=O)c2cccc(F)c2C1=O)c1cccc(Cl)c1. The zero-order valence-electron chi connectivity index (χ0n) is 12.4. The number of hydrogen-bond acceptors (Lipinski definition) is 3. The van der Waals surface area contributed by atoms with Gasteiger partial charge in [0.05, 0.1) is 11.1 Å². The third-order valence-electron chi connectivity index (χ3n) is 3.66. The van der Waals surface area contributed by atoms with Gasteiger partial charge in [-0.25, -0.2) is 4.39 Å². The fourth-order valence-electron chi connectivity index (χ4n) is 2.51. The molecular weight excluding hydrogens is 335 g/mol. The molecule has 0 spiro atoms. The summed E-state index contributed by atoms with van der Waals surface area (Å²) in [6.45, 7) is 0.0104. The Morgan fingerprint density at radius 1 is 1.12 bits per heavy atom. The summed E-state index contributed by atoms with van der Waals surface area (Å²) in [5.74, 6) is -2.35. The van der Waals surface area contributed by atoms with E-state index in [0.717, 1.165) is 11.0 Å². The number of halogens is 2. The fraction of sp³-hybridized carbons (Fsp3) is 0.118. The van der Waals surface area contributed by atoms with Crippen LogP contribution in [0.3, 0.4) is 0 Å². The molecule has 0 bridgehead atoms. The molecule has 0 radical (unpaired) electrons. The van der Waals surface area contributed by atoms with E-state index < -0.39 is 17.6 Å². The average Bonchev–Trinajstić information content (AvgIpc) is 2.80. The number of imide groups is 1. The van der Waals surface area contributed by atoms with Crippen LogP contribution in [0, 0.1) is 5.82 Å². The molecule has 2 aromatic carbocycles. The lowest BCUT2D eigenvalue weighted by atomic mass is 10.1. The third-order valence-corrected chi connectivity index (χ3v) is 3.89. The highest BCUT2D eigenvalue weighted by atomic mass is 35.5. The van der Waals surface area contributed by atoms with Crippen LogP contribution in [0.1, 0.15) is 31.1 Å². The third kappa shape index (κ3) is 2.88. The molecule has 0 aromatic heterocycles. The quantitative estimate of drug-likeness (QED) is 0.865. The molecule has 3 rings (SSSR count). The highest BCUT2D eigenvalue weighted by Crippen LogP contribution is 2.24. The van der Waals surface area contributed by atoms with Crippen molar-refractivity contribution in [3.05, 3.63) is 70.0 Å². The van der Waals surface area contributed by atoms with Crippen molar-refractivity contribution in [2.45, 2.75) is 0 Å². The maximum Gasteiger partial charge on any atom is 0.264 e. The number of nitrogens with one attached hydrogen (secondary N) is 1. The molecule has 0 fully saturated rings. The summed E-state index contributed by atoms with van der Waals surface area (Å²) in [6.07, 6.45) is 0. The van der Waals surface area contributed by atoms with Crippen molar-refractivity contribution in [1.29, 1.82) is 0 Å². The van der Waals surface area contributed by atoms with Crippen molar-refractivity contribution in [3.63, 3.8) is 0 Å². The van der Waals surface area contributed by atoms with Crippen LogP contribution in [0.5, 0.6) is 0 Å². The second kappa shape index (κ2) is 6.41. The van der Waals surface area contributed by atoms with Gasteiger partial charge in [-0.2, -0.15) is 0 Å². The van der Waals surface area contributed by atoms with Crippen molar-refractivity contribution in [3.8, 4) is 0 Å². The molecule has 1 aliphatic heterocycles. The van der Waals surface area contributed by atoms with Gasteiger partial charge in [0.1, 0.15) is 5.82 Å². The van der Waals surface area contributed by atoms with Gasteiger partial charge >= 0.3 is 0 Å². The molecule has 24 heavy (non-hydrogen) atoms. The normalized spacial score (nSPS) is 13.2. The Morgan fingerprint density at radius 2 is 1.88 bits per heavy atom. The zero-order chi connectivity index (χ0) is 17.3. The molecular formula is C17H12ClFN2O3. The number of amides is 3. The average molecular weight is 347 g/mol. The molecule has 0 saturated heterocycles. The highest BCUT2D eigenvalue weighted by Gasteiger charge is 2.37. The van der Waals surface area contributed by atoms with Crippen LogP contribution in [-0.2, 0) is 0 Å². The van der Waals surface area contributed by atoms with Gasteiger partial charge < -0.3 is 5.32 Å². The Hall–Kier alpha value is -2.73. The van der Waals surface area contributed by atoms with E-state index in [1.54, 1.807) is 18.2 Å². The van der Waals surface area contributed by atoms with E-state index in [0.29, 0.717) is 10.6 Å².